The van der Waals surface area contributed by atoms with E-state index in [1.807, 2.05) is 0 Å². The monoisotopic (exact) mass is 308 g/mol. The summed E-state index contributed by atoms with van der Waals surface area (Å²) in [5.74, 6) is 0.805. The number of hydrogen-bond donors (Lipinski definition) is 2. The number of anilines is 1. The molecular weight excluding hydrogens is 288 g/mol. The summed E-state index contributed by atoms with van der Waals surface area (Å²) in [5, 5.41) is 7.43. The highest BCUT2D eigenvalue weighted by atomic mass is 79.9. The van der Waals surface area contributed by atoms with Gasteiger partial charge in [-0.05, 0) is 66.2 Å². The molecular formula is C15H21BrN2. The molecule has 0 amide bonds. The van der Waals surface area contributed by atoms with Crippen LogP contribution in [0.25, 0.3) is 0 Å². The van der Waals surface area contributed by atoms with Crippen LogP contribution in [0.15, 0.2) is 28.7 Å². The zero-order valence-corrected chi connectivity index (χ0v) is 12.2. The minimum absolute atomic E-state index is 0.638. The Morgan fingerprint density at radius 2 is 2.00 bits per heavy atom. The molecule has 1 heterocycles. The molecule has 0 bridgehead atoms. The highest BCUT2D eigenvalue weighted by Crippen LogP contribution is 2.35. The van der Waals surface area contributed by atoms with Gasteiger partial charge in [0.1, 0.15) is 0 Å². The number of hydrogen-bond acceptors (Lipinski definition) is 2. The van der Waals surface area contributed by atoms with Crippen molar-refractivity contribution in [2.45, 2.75) is 44.2 Å². The first-order chi connectivity index (χ1) is 8.84. The lowest BCUT2D eigenvalue weighted by Gasteiger charge is -2.27. The van der Waals surface area contributed by atoms with Crippen molar-refractivity contribution in [3.05, 3.63) is 28.7 Å². The van der Waals surface area contributed by atoms with E-state index in [9.17, 15) is 0 Å². The minimum Gasteiger partial charge on any atom is -0.381 e. The van der Waals surface area contributed by atoms with Crippen molar-refractivity contribution in [2.75, 3.05) is 11.9 Å². The van der Waals surface area contributed by atoms with E-state index in [4.69, 9.17) is 0 Å². The predicted octanol–water partition coefficient (Wildman–Crippen LogP) is 3.78. The third-order valence-electron chi connectivity index (χ3n) is 4.40. The quantitative estimate of drug-likeness (QED) is 0.888. The zero-order chi connectivity index (χ0) is 12.4. The summed E-state index contributed by atoms with van der Waals surface area (Å²) in [6, 6.07) is 9.83. The fourth-order valence-corrected chi connectivity index (χ4v) is 3.90. The Labute approximate surface area is 118 Å². The molecule has 3 rings (SSSR count). The van der Waals surface area contributed by atoms with Gasteiger partial charge in [-0.25, -0.2) is 0 Å². The first-order valence-electron chi connectivity index (χ1n) is 7.09. The molecule has 2 N–H and O–H groups in total. The van der Waals surface area contributed by atoms with Crippen molar-refractivity contribution in [1.82, 2.24) is 5.32 Å². The molecule has 1 saturated heterocycles. The molecule has 98 valence electrons. The lowest BCUT2D eigenvalue weighted by molar-refractivity contribution is 0.376. The van der Waals surface area contributed by atoms with Crippen LogP contribution in [0.2, 0.25) is 0 Å². The van der Waals surface area contributed by atoms with E-state index in [2.05, 4.69) is 50.8 Å². The molecule has 0 aromatic heterocycles. The molecule has 1 saturated carbocycles. The molecule has 3 atom stereocenters. The summed E-state index contributed by atoms with van der Waals surface area (Å²) in [7, 11) is 0. The van der Waals surface area contributed by atoms with E-state index in [0.29, 0.717) is 6.04 Å². The number of para-hydroxylation sites is 1. The van der Waals surface area contributed by atoms with Crippen LogP contribution in [0.3, 0.4) is 0 Å². The van der Waals surface area contributed by atoms with Crippen LogP contribution in [0.1, 0.15) is 32.1 Å². The van der Waals surface area contributed by atoms with Crippen LogP contribution in [-0.4, -0.2) is 18.6 Å². The summed E-state index contributed by atoms with van der Waals surface area (Å²) in [4.78, 5) is 0. The highest BCUT2D eigenvalue weighted by Gasteiger charge is 2.34. The lowest BCUT2D eigenvalue weighted by atomic mass is 9.93. The normalized spacial score (nSPS) is 31.7. The van der Waals surface area contributed by atoms with Gasteiger partial charge in [-0.1, -0.05) is 18.6 Å². The fourth-order valence-electron chi connectivity index (χ4n) is 3.50. The first kappa shape index (κ1) is 12.5. The van der Waals surface area contributed by atoms with Gasteiger partial charge in [0.15, 0.2) is 0 Å². The van der Waals surface area contributed by atoms with Crippen LogP contribution < -0.4 is 10.6 Å². The van der Waals surface area contributed by atoms with Gasteiger partial charge in [-0.2, -0.15) is 0 Å². The molecule has 2 nitrogen and oxygen atoms in total. The van der Waals surface area contributed by atoms with Crippen molar-refractivity contribution >= 4 is 21.6 Å². The molecule has 1 aliphatic heterocycles. The molecule has 0 radical (unpaired) electrons. The number of halogens is 1. The molecule has 3 heteroatoms. The van der Waals surface area contributed by atoms with Crippen LogP contribution in [0.4, 0.5) is 5.69 Å². The van der Waals surface area contributed by atoms with Crippen molar-refractivity contribution in [2.24, 2.45) is 5.92 Å². The van der Waals surface area contributed by atoms with Gasteiger partial charge in [-0.15, -0.1) is 0 Å². The van der Waals surface area contributed by atoms with Gasteiger partial charge >= 0.3 is 0 Å². The van der Waals surface area contributed by atoms with E-state index in [1.54, 1.807) is 0 Å². The van der Waals surface area contributed by atoms with E-state index >= 15 is 0 Å². The van der Waals surface area contributed by atoms with Gasteiger partial charge in [-0.3, -0.25) is 0 Å². The topological polar surface area (TPSA) is 24.1 Å². The Kier molecular flexibility index (Phi) is 3.90. The molecule has 0 spiro atoms. The van der Waals surface area contributed by atoms with Crippen molar-refractivity contribution in [3.8, 4) is 0 Å². The number of benzene rings is 1. The Morgan fingerprint density at radius 3 is 2.78 bits per heavy atom. The van der Waals surface area contributed by atoms with Crippen molar-refractivity contribution in [3.63, 3.8) is 0 Å². The zero-order valence-electron chi connectivity index (χ0n) is 10.7. The summed E-state index contributed by atoms with van der Waals surface area (Å²) in [6.45, 7) is 1.21. The molecule has 3 unspecified atom stereocenters. The average Bonchev–Trinajstić information content (AvgIpc) is 3.02. The standard InChI is InChI=1S/C15H21BrN2/c16-12-6-1-2-7-15(12)18-14-8-3-5-11(14)13-9-4-10-17-13/h1-2,6-7,11,13-14,17-18H,3-5,8-10H2. The van der Waals surface area contributed by atoms with Gasteiger partial charge < -0.3 is 10.6 Å². The molecule has 1 aliphatic carbocycles. The van der Waals surface area contributed by atoms with Crippen LogP contribution in [0.5, 0.6) is 0 Å². The van der Waals surface area contributed by atoms with Crippen LogP contribution in [0, 0.1) is 5.92 Å². The predicted molar refractivity (Wildman–Crippen MR) is 79.9 cm³/mol. The average molecular weight is 309 g/mol. The molecule has 2 fully saturated rings. The third-order valence-corrected chi connectivity index (χ3v) is 5.09. The van der Waals surface area contributed by atoms with Crippen molar-refractivity contribution in [1.29, 1.82) is 0 Å². The second-order valence-electron chi connectivity index (χ2n) is 5.53. The van der Waals surface area contributed by atoms with Gasteiger partial charge in [0, 0.05) is 22.2 Å². The highest BCUT2D eigenvalue weighted by molar-refractivity contribution is 9.10. The molecule has 18 heavy (non-hydrogen) atoms. The molecule has 1 aromatic rings. The number of rotatable bonds is 3. The van der Waals surface area contributed by atoms with Gasteiger partial charge in [0.2, 0.25) is 0 Å². The maximum Gasteiger partial charge on any atom is 0.0486 e. The van der Waals surface area contributed by atoms with Gasteiger partial charge in [0.05, 0.1) is 0 Å². The van der Waals surface area contributed by atoms with E-state index in [-0.39, 0.29) is 0 Å². The third kappa shape index (κ3) is 2.57. The minimum atomic E-state index is 0.638. The Hall–Kier alpha value is -0.540. The van der Waals surface area contributed by atoms with Crippen LogP contribution >= 0.6 is 15.9 Å². The summed E-state index contributed by atoms with van der Waals surface area (Å²) < 4.78 is 1.18. The Bertz CT molecular complexity index is 401. The van der Waals surface area contributed by atoms with E-state index < -0.39 is 0 Å². The maximum atomic E-state index is 3.75. The maximum absolute atomic E-state index is 3.75. The first-order valence-corrected chi connectivity index (χ1v) is 7.88. The van der Waals surface area contributed by atoms with Crippen LogP contribution in [-0.2, 0) is 0 Å². The fraction of sp³-hybridized carbons (Fsp3) is 0.600. The summed E-state index contributed by atoms with van der Waals surface area (Å²) in [6.07, 6.45) is 6.76. The molecule has 2 aliphatic rings. The molecule has 1 aromatic carbocycles. The Balaban J connectivity index is 1.69. The lowest BCUT2D eigenvalue weighted by Crippen LogP contribution is -2.38. The smallest absolute Gasteiger partial charge is 0.0486 e. The SMILES string of the molecule is Brc1ccccc1NC1CCCC1C1CCCN1. The largest absolute Gasteiger partial charge is 0.381 e. The number of nitrogens with one attached hydrogen (secondary N) is 2. The Morgan fingerprint density at radius 1 is 1.11 bits per heavy atom. The summed E-state index contributed by atoms with van der Waals surface area (Å²) in [5.41, 5.74) is 1.24. The van der Waals surface area contributed by atoms with Crippen molar-refractivity contribution < 1.29 is 0 Å². The van der Waals surface area contributed by atoms with Gasteiger partial charge in [0.25, 0.3) is 0 Å². The van der Waals surface area contributed by atoms with E-state index in [1.165, 1.54) is 48.8 Å². The second-order valence-corrected chi connectivity index (χ2v) is 6.38. The van der Waals surface area contributed by atoms with E-state index in [0.717, 1.165) is 12.0 Å². The second kappa shape index (κ2) is 5.62. The summed E-state index contributed by atoms with van der Waals surface area (Å²) >= 11 is 3.63.